The van der Waals surface area contributed by atoms with Crippen LogP contribution < -0.4 is 4.90 Å². The van der Waals surface area contributed by atoms with Crippen molar-refractivity contribution >= 4 is 18.3 Å². The summed E-state index contributed by atoms with van der Waals surface area (Å²) < 4.78 is 0. The van der Waals surface area contributed by atoms with Crippen LogP contribution in [-0.2, 0) is 0 Å². The molecule has 1 aliphatic rings. The molecule has 0 N–H and O–H groups in total. The molecule has 0 aliphatic carbocycles. The van der Waals surface area contributed by atoms with Crippen LogP contribution in [0.5, 0.6) is 0 Å². The van der Waals surface area contributed by atoms with E-state index in [9.17, 15) is 4.79 Å². The van der Waals surface area contributed by atoms with E-state index in [-0.39, 0.29) is 0 Å². The average Bonchev–Trinajstić information content (AvgIpc) is 2.70. The second kappa shape index (κ2) is 3.39. The standard InChI is InChI=1S/C10H10N2O/c13-7-9-3-1-2-4-10(9)12-6-5-11-8-12/h1-4,7-8H,5-6H2. The fraction of sp³-hybridized carbons (Fsp3) is 0.200. The van der Waals surface area contributed by atoms with Gasteiger partial charge < -0.3 is 4.90 Å². The van der Waals surface area contributed by atoms with Crippen LogP contribution in [0.15, 0.2) is 29.3 Å². The molecule has 0 amide bonds. The molecule has 0 atom stereocenters. The van der Waals surface area contributed by atoms with Gasteiger partial charge in [-0.25, -0.2) is 0 Å². The molecule has 0 saturated heterocycles. The van der Waals surface area contributed by atoms with E-state index >= 15 is 0 Å². The monoisotopic (exact) mass is 174 g/mol. The van der Waals surface area contributed by atoms with Gasteiger partial charge in [-0.05, 0) is 12.1 Å². The Morgan fingerprint density at radius 2 is 2.23 bits per heavy atom. The predicted octanol–water partition coefficient (Wildman–Crippen LogP) is 1.35. The lowest BCUT2D eigenvalue weighted by molar-refractivity contribution is 0.112. The number of carbonyl (C=O) groups excluding carboxylic acids is 1. The minimum absolute atomic E-state index is 0.718. The Balaban J connectivity index is 2.37. The Bertz CT molecular complexity index is 347. The molecule has 0 unspecified atom stereocenters. The smallest absolute Gasteiger partial charge is 0.152 e. The van der Waals surface area contributed by atoms with E-state index in [4.69, 9.17) is 0 Å². The van der Waals surface area contributed by atoms with Crippen LogP contribution in [0.2, 0.25) is 0 Å². The number of carbonyl (C=O) groups is 1. The predicted molar refractivity (Wildman–Crippen MR) is 52.5 cm³/mol. The van der Waals surface area contributed by atoms with E-state index in [0.29, 0.717) is 0 Å². The molecule has 1 aromatic carbocycles. The highest BCUT2D eigenvalue weighted by atomic mass is 16.1. The minimum atomic E-state index is 0.718. The molecule has 66 valence electrons. The number of para-hydroxylation sites is 1. The summed E-state index contributed by atoms with van der Waals surface area (Å²) >= 11 is 0. The number of hydrogen-bond acceptors (Lipinski definition) is 3. The zero-order chi connectivity index (χ0) is 9.10. The number of hydrogen-bond donors (Lipinski definition) is 0. The van der Waals surface area contributed by atoms with Crippen LogP contribution in [0.25, 0.3) is 0 Å². The van der Waals surface area contributed by atoms with Crippen LogP contribution in [0.1, 0.15) is 10.4 Å². The maximum atomic E-state index is 10.7. The summed E-state index contributed by atoms with van der Waals surface area (Å²) in [5, 5.41) is 0. The van der Waals surface area contributed by atoms with E-state index in [1.54, 1.807) is 6.34 Å². The number of aldehydes is 1. The first-order chi connectivity index (χ1) is 6.42. The molecule has 13 heavy (non-hydrogen) atoms. The minimum Gasteiger partial charge on any atom is -0.330 e. The first kappa shape index (κ1) is 7.98. The highest BCUT2D eigenvalue weighted by Crippen LogP contribution is 2.18. The van der Waals surface area contributed by atoms with Crippen LogP contribution in [0, 0.1) is 0 Å². The molecule has 1 aliphatic heterocycles. The van der Waals surface area contributed by atoms with Crippen LogP contribution in [-0.4, -0.2) is 25.7 Å². The number of benzene rings is 1. The molecule has 0 spiro atoms. The van der Waals surface area contributed by atoms with Gasteiger partial charge in [0.25, 0.3) is 0 Å². The van der Waals surface area contributed by atoms with Gasteiger partial charge in [-0.1, -0.05) is 12.1 Å². The van der Waals surface area contributed by atoms with E-state index < -0.39 is 0 Å². The summed E-state index contributed by atoms with van der Waals surface area (Å²) in [5.41, 5.74) is 1.66. The molecule has 0 fully saturated rings. The molecule has 0 radical (unpaired) electrons. The summed E-state index contributed by atoms with van der Waals surface area (Å²) in [7, 11) is 0. The topological polar surface area (TPSA) is 32.7 Å². The van der Waals surface area contributed by atoms with Crippen molar-refractivity contribution in [1.82, 2.24) is 0 Å². The highest BCUT2D eigenvalue weighted by molar-refractivity contribution is 5.91. The summed E-state index contributed by atoms with van der Waals surface area (Å²) in [6.07, 6.45) is 2.66. The molecule has 2 rings (SSSR count). The van der Waals surface area contributed by atoms with Gasteiger partial charge in [0.05, 0.1) is 18.6 Å². The molecule has 0 bridgehead atoms. The van der Waals surface area contributed by atoms with Gasteiger partial charge in [0.15, 0.2) is 6.29 Å². The first-order valence-electron chi connectivity index (χ1n) is 4.22. The number of rotatable bonds is 2. The van der Waals surface area contributed by atoms with Crippen molar-refractivity contribution in [2.75, 3.05) is 18.0 Å². The van der Waals surface area contributed by atoms with Gasteiger partial charge in [0.2, 0.25) is 0 Å². The van der Waals surface area contributed by atoms with Gasteiger partial charge in [-0.2, -0.15) is 0 Å². The van der Waals surface area contributed by atoms with Crippen LogP contribution in [0.4, 0.5) is 5.69 Å². The second-order valence-electron chi connectivity index (χ2n) is 2.89. The molecule has 1 aromatic rings. The number of nitrogens with zero attached hydrogens (tertiary/aromatic N) is 2. The largest absolute Gasteiger partial charge is 0.330 e. The van der Waals surface area contributed by atoms with Crippen molar-refractivity contribution < 1.29 is 4.79 Å². The fourth-order valence-electron chi connectivity index (χ4n) is 1.41. The van der Waals surface area contributed by atoms with Gasteiger partial charge in [0, 0.05) is 12.1 Å². The van der Waals surface area contributed by atoms with Crippen molar-refractivity contribution in [1.29, 1.82) is 0 Å². The molecular formula is C10H10N2O. The summed E-state index contributed by atoms with van der Waals surface area (Å²) in [5.74, 6) is 0. The Labute approximate surface area is 76.7 Å². The summed E-state index contributed by atoms with van der Waals surface area (Å²) in [6, 6.07) is 7.53. The van der Waals surface area contributed by atoms with Gasteiger partial charge >= 0.3 is 0 Å². The fourth-order valence-corrected chi connectivity index (χ4v) is 1.41. The maximum absolute atomic E-state index is 10.7. The quantitative estimate of drug-likeness (QED) is 0.634. The molecule has 3 heteroatoms. The normalized spacial score (nSPS) is 14.9. The first-order valence-corrected chi connectivity index (χ1v) is 4.22. The van der Waals surface area contributed by atoms with Gasteiger partial charge in [-0.3, -0.25) is 9.79 Å². The zero-order valence-corrected chi connectivity index (χ0v) is 7.18. The van der Waals surface area contributed by atoms with E-state index in [2.05, 4.69) is 4.99 Å². The van der Waals surface area contributed by atoms with Gasteiger partial charge in [0.1, 0.15) is 0 Å². The summed E-state index contributed by atoms with van der Waals surface area (Å²) in [4.78, 5) is 16.8. The third-order valence-corrected chi connectivity index (χ3v) is 2.06. The lowest BCUT2D eigenvalue weighted by Gasteiger charge is -2.15. The maximum Gasteiger partial charge on any atom is 0.152 e. The van der Waals surface area contributed by atoms with Gasteiger partial charge in [-0.15, -0.1) is 0 Å². The van der Waals surface area contributed by atoms with Crippen molar-refractivity contribution in [3.8, 4) is 0 Å². The van der Waals surface area contributed by atoms with Crippen molar-refractivity contribution in [3.05, 3.63) is 29.8 Å². The SMILES string of the molecule is O=Cc1ccccc1N1C=NCC1. The molecular weight excluding hydrogens is 164 g/mol. The lowest BCUT2D eigenvalue weighted by atomic mass is 10.2. The third kappa shape index (κ3) is 1.45. The lowest BCUT2D eigenvalue weighted by Crippen LogP contribution is -2.19. The van der Waals surface area contributed by atoms with Crippen LogP contribution in [0.3, 0.4) is 0 Å². The zero-order valence-electron chi connectivity index (χ0n) is 7.18. The number of aliphatic imine (C=N–C) groups is 1. The van der Waals surface area contributed by atoms with Crippen LogP contribution >= 0.6 is 0 Å². The second-order valence-corrected chi connectivity index (χ2v) is 2.89. The Kier molecular flexibility index (Phi) is 2.08. The molecule has 0 aromatic heterocycles. The Morgan fingerprint density at radius 1 is 1.38 bits per heavy atom. The number of anilines is 1. The molecule has 3 nitrogen and oxygen atoms in total. The van der Waals surface area contributed by atoms with Crippen molar-refractivity contribution in [3.63, 3.8) is 0 Å². The third-order valence-electron chi connectivity index (χ3n) is 2.06. The highest BCUT2D eigenvalue weighted by Gasteiger charge is 2.10. The van der Waals surface area contributed by atoms with E-state index in [1.807, 2.05) is 29.2 Å². The van der Waals surface area contributed by atoms with E-state index in [0.717, 1.165) is 30.6 Å². The molecule has 0 saturated carbocycles. The van der Waals surface area contributed by atoms with Crippen molar-refractivity contribution in [2.24, 2.45) is 4.99 Å². The Hall–Kier alpha value is -1.64. The summed E-state index contributed by atoms with van der Waals surface area (Å²) in [6.45, 7) is 1.68. The average molecular weight is 174 g/mol. The van der Waals surface area contributed by atoms with Crippen molar-refractivity contribution in [2.45, 2.75) is 0 Å². The molecule has 1 heterocycles. The Morgan fingerprint density at radius 3 is 2.92 bits per heavy atom. The van der Waals surface area contributed by atoms with E-state index in [1.165, 1.54) is 0 Å².